The van der Waals surface area contributed by atoms with Crippen molar-refractivity contribution in [3.63, 3.8) is 0 Å². The lowest BCUT2D eigenvalue weighted by Crippen LogP contribution is -2.37. The predicted molar refractivity (Wildman–Crippen MR) is 149 cm³/mol. The third-order valence-electron chi connectivity index (χ3n) is 7.01. The lowest BCUT2D eigenvalue weighted by molar-refractivity contribution is 0.0712. The molecule has 0 spiro atoms. The number of nitrogens with zero attached hydrogens (tertiary/aromatic N) is 3. The van der Waals surface area contributed by atoms with Gasteiger partial charge in [-0.25, -0.2) is 4.98 Å². The Hall–Kier alpha value is -4.72. The first-order valence-electron chi connectivity index (χ1n) is 12.9. The fourth-order valence-electron chi connectivity index (χ4n) is 4.85. The number of pyridine rings is 2. The standard InChI is InChI=1S/C31H30N4O4/c1-38-26-6-3-5-23(19-26)29-27(7-4-16-32-29)30(36)34-25-11-8-21(9-12-25)22-14-17-35(18-15-22)31(37)24-10-13-28(39-2)33-20-24/h3-13,16,19-20,22H,14-15,17-18H2,1-2H3,(H,34,36). The summed E-state index contributed by atoms with van der Waals surface area (Å²) in [6.07, 6.45) is 4.99. The summed E-state index contributed by atoms with van der Waals surface area (Å²) in [5.41, 5.74) is 4.37. The number of hydrogen-bond donors (Lipinski definition) is 1. The largest absolute Gasteiger partial charge is 0.497 e. The van der Waals surface area contributed by atoms with E-state index in [0.717, 1.165) is 18.4 Å². The van der Waals surface area contributed by atoms with Crippen molar-refractivity contribution in [2.45, 2.75) is 18.8 Å². The average molecular weight is 523 g/mol. The van der Waals surface area contributed by atoms with Crippen LogP contribution in [0.3, 0.4) is 0 Å². The van der Waals surface area contributed by atoms with E-state index < -0.39 is 0 Å². The molecule has 1 aliphatic rings. The van der Waals surface area contributed by atoms with Crippen molar-refractivity contribution in [3.8, 4) is 22.9 Å². The summed E-state index contributed by atoms with van der Waals surface area (Å²) in [4.78, 5) is 36.5. The second-order valence-corrected chi connectivity index (χ2v) is 9.36. The van der Waals surface area contributed by atoms with Crippen LogP contribution in [-0.4, -0.2) is 54.0 Å². The fraction of sp³-hybridized carbons (Fsp3) is 0.226. The highest BCUT2D eigenvalue weighted by atomic mass is 16.5. The highest BCUT2D eigenvalue weighted by Gasteiger charge is 2.25. The molecule has 8 nitrogen and oxygen atoms in total. The van der Waals surface area contributed by atoms with E-state index in [4.69, 9.17) is 9.47 Å². The van der Waals surface area contributed by atoms with Crippen LogP contribution in [0.25, 0.3) is 11.3 Å². The molecule has 39 heavy (non-hydrogen) atoms. The molecule has 1 fully saturated rings. The summed E-state index contributed by atoms with van der Waals surface area (Å²) in [7, 11) is 3.16. The zero-order valence-corrected chi connectivity index (χ0v) is 22.0. The molecule has 0 aliphatic carbocycles. The Bertz CT molecular complexity index is 1450. The fourth-order valence-corrected chi connectivity index (χ4v) is 4.85. The topological polar surface area (TPSA) is 93.7 Å². The molecule has 8 heteroatoms. The molecule has 2 amide bonds. The quantitative estimate of drug-likeness (QED) is 0.348. The molecule has 1 saturated heterocycles. The Balaban J connectivity index is 1.21. The molecule has 4 aromatic rings. The van der Waals surface area contributed by atoms with E-state index in [-0.39, 0.29) is 11.8 Å². The molecule has 2 aromatic heterocycles. The first kappa shape index (κ1) is 25.9. The van der Waals surface area contributed by atoms with Crippen LogP contribution in [0, 0.1) is 0 Å². The number of carbonyl (C=O) groups is 2. The zero-order valence-electron chi connectivity index (χ0n) is 22.0. The van der Waals surface area contributed by atoms with Crippen LogP contribution in [0.2, 0.25) is 0 Å². The van der Waals surface area contributed by atoms with E-state index >= 15 is 0 Å². The molecular formula is C31H30N4O4. The maximum absolute atomic E-state index is 13.2. The monoisotopic (exact) mass is 522 g/mol. The van der Waals surface area contributed by atoms with Gasteiger partial charge < -0.3 is 19.7 Å². The maximum Gasteiger partial charge on any atom is 0.257 e. The minimum Gasteiger partial charge on any atom is -0.497 e. The molecule has 0 bridgehead atoms. The molecule has 1 aliphatic heterocycles. The highest BCUT2D eigenvalue weighted by molar-refractivity contribution is 6.08. The van der Waals surface area contributed by atoms with Crippen LogP contribution in [0.4, 0.5) is 5.69 Å². The molecule has 3 heterocycles. The number of ether oxygens (including phenoxy) is 2. The van der Waals surface area contributed by atoms with E-state index in [1.54, 1.807) is 50.9 Å². The lowest BCUT2D eigenvalue weighted by atomic mass is 9.89. The third-order valence-corrected chi connectivity index (χ3v) is 7.01. The normalized spacial score (nSPS) is 13.5. The van der Waals surface area contributed by atoms with Crippen molar-refractivity contribution in [2.75, 3.05) is 32.6 Å². The third kappa shape index (κ3) is 5.90. The number of anilines is 1. The summed E-state index contributed by atoms with van der Waals surface area (Å²) < 4.78 is 10.4. The number of rotatable bonds is 7. The number of piperidine rings is 1. The van der Waals surface area contributed by atoms with Crippen LogP contribution in [0.1, 0.15) is 45.0 Å². The number of aromatic nitrogens is 2. The van der Waals surface area contributed by atoms with Crippen molar-refractivity contribution < 1.29 is 19.1 Å². The maximum atomic E-state index is 13.2. The van der Waals surface area contributed by atoms with Gasteiger partial charge in [0.1, 0.15) is 5.75 Å². The van der Waals surface area contributed by atoms with Crippen LogP contribution >= 0.6 is 0 Å². The Morgan fingerprint density at radius 3 is 2.38 bits per heavy atom. The SMILES string of the molecule is COc1cccc(-c2ncccc2C(=O)Nc2ccc(C3CCN(C(=O)c4ccc(OC)nc4)CC3)cc2)c1. The second kappa shape index (κ2) is 11.8. The molecule has 0 atom stereocenters. The number of benzene rings is 2. The second-order valence-electron chi connectivity index (χ2n) is 9.36. The van der Waals surface area contributed by atoms with Gasteiger partial charge in [-0.05, 0) is 66.8 Å². The Kier molecular flexibility index (Phi) is 7.82. The van der Waals surface area contributed by atoms with Crippen molar-refractivity contribution in [2.24, 2.45) is 0 Å². The number of amides is 2. The summed E-state index contributed by atoms with van der Waals surface area (Å²) in [5.74, 6) is 1.31. The number of hydrogen-bond acceptors (Lipinski definition) is 6. The summed E-state index contributed by atoms with van der Waals surface area (Å²) in [6, 6.07) is 22.4. The Morgan fingerprint density at radius 1 is 0.897 bits per heavy atom. The molecule has 2 aromatic carbocycles. The van der Waals surface area contributed by atoms with Gasteiger partial charge in [-0.3, -0.25) is 14.6 Å². The summed E-state index contributed by atoms with van der Waals surface area (Å²) >= 11 is 0. The molecule has 0 saturated carbocycles. The molecular weight excluding hydrogens is 492 g/mol. The van der Waals surface area contributed by atoms with E-state index in [2.05, 4.69) is 27.4 Å². The van der Waals surface area contributed by atoms with Crippen LogP contribution in [-0.2, 0) is 0 Å². The smallest absolute Gasteiger partial charge is 0.257 e. The molecule has 0 unspecified atom stereocenters. The van der Waals surface area contributed by atoms with E-state index in [0.29, 0.717) is 53.1 Å². The van der Waals surface area contributed by atoms with Gasteiger partial charge in [0.05, 0.1) is 31.0 Å². The summed E-state index contributed by atoms with van der Waals surface area (Å²) in [6.45, 7) is 1.37. The van der Waals surface area contributed by atoms with Crippen molar-refractivity contribution >= 4 is 17.5 Å². The van der Waals surface area contributed by atoms with Crippen molar-refractivity contribution in [1.82, 2.24) is 14.9 Å². The minimum atomic E-state index is -0.228. The number of carbonyl (C=O) groups excluding carboxylic acids is 2. The summed E-state index contributed by atoms with van der Waals surface area (Å²) in [5, 5.41) is 3.00. The van der Waals surface area contributed by atoms with Gasteiger partial charge in [0.15, 0.2) is 0 Å². The van der Waals surface area contributed by atoms with Crippen LogP contribution in [0.5, 0.6) is 11.6 Å². The van der Waals surface area contributed by atoms with Crippen LogP contribution < -0.4 is 14.8 Å². The van der Waals surface area contributed by atoms with Gasteiger partial charge in [0, 0.05) is 42.8 Å². The van der Waals surface area contributed by atoms with Gasteiger partial charge in [-0.2, -0.15) is 0 Å². The van der Waals surface area contributed by atoms with E-state index in [9.17, 15) is 9.59 Å². The Labute approximate surface area is 227 Å². The number of methoxy groups -OCH3 is 2. The van der Waals surface area contributed by atoms with Gasteiger partial charge in [0.25, 0.3) is 11.8 Å². The van der Waals surface area contributed by atoms with Gasteiger partial charge in [-0.1, -0.05) is 24.3 Å². The lowest BCUT2D eigenvalue weighted by Gasteiger charge is -2.32. The van der Waals surface area contributed by atoms with Gasteiger partial charge >= 0.3 is 0 Å². The first-order chi connectivity index (χ1) is 19.1. The zero-order chi connectivity index (χ0) is 27.2. The minimum absolute atomic E-state index is 0.00891. The highest BCUT2D eigenvalue weighted by Crippen LogP contribution is 2.30. The predicted octanol–water partition coefficient (Wildman–Crippen LogP) is 5.43. The molecule has 198 valence electrons. The van der Waals surface area contributed by atoms with E-state index in [1.165, 1.54) is 5.56 Å². The van der Waals surface area contributed by atoms with Crippen molar-refractivity contribution in [1.29, 1.82) is 0 Å². The van der Waals surface area contributed by atoms with Gasteiger partial charge in [0.2, 0.25) is 5.88 Å². The molecule has 5 rings (SSSR count). The van der Waals surface area contributed by atoms with Crippen LogP contribution in [0.15, 0.2) is 85.2 Å². The molecule has 0 radical (unpaired) electrons. The molecule has 1 N–H and O–H groups in total. The van der Waals surface area contributed by atoms with E-state index in [1.807, 2.05) is 41.3 Å². The van der Waals surface area contributed by atoms with Gasteiger partial charge in [-0.15, -0.1) is 0 Å². The Morgan fingerprint density at radius 2 is 1.69 bits per heavy atom. The number of nitrogens with one attached hydrogen (secondary N) is 1. The first-order valence-corrected chi connectivity index (χ1v) is 12.9. The number of likely N-dealkylation sites (tertiary alicyclic amines) is 1. The van der Waals surface area contributed by atoms with Crippen molar-refractivity contribution in [3.05, 3.63) is 102 Å². The average Bonchev–Trinajstić information content (AvgIpc) is 3.01.